The van der Waals surface area contributed by atoms with Crippen molar-refractivity contribution in [3.8, 4) is 0 Å². The van der Waals surface area contributed by atoms with Crippen LogP contribution in [-0.4, -0.2) is 18.5 Å². The van der Waals surface area contributed by atoms with E-state index in [4.69, 9.17) is 4.74 Å². The van der Waals surface area contributed by atoms with Gasteiger partial charge in [0.15, 0.2) is 6.61 Å². The summed E-state index contributed by atoms with van der Waals surface area (Å²) in [5.74, 6) is -1.37. The molecule has 0 unspecified atom stereocenters. The average Bonchev–Trinajstić information content (AvgIpc) is 3.07. The van der Waals surface area contributed by atoms with E-state index in [1.807, 2.05) is 12.1 Å². The van der Waals surface area contributed by atoms with Gasteiger partial charge in [-0.25, -0.2) is 4.79 Å². The lowest BCUT2D eigenvalue weighted by molar-refractivity contribution is -0.137. The third kappa shape index (κ3) is 4.22. The lowest BCUT2D eigenvalue weighted by Gasteiger charge is -2.09. The summed E-state index contributed by atoms with van der Waals surface area (Å²) in [4.78, 5) is 23.7. The molecule has 1 amide bonds. The highest BCUT2D eigenvalue weighted by molar-refractivity contribution is 5.95. The third-order valence-corrected chi connectivity index (χ3v) is 4.16. The van der Waals surface area contributed by atoms with E-state index in [-0.39, 0.29) is 5.56 Å². The second-order valence-corrected chi connectivity index (χ2v) is 6.04. The minimum absolute atomic E-state index is 0.0525. The topological polar surface area (TPSA) is 55.4 Å². The van der Waals surface area contributed by atoms with Crippen molar-refractivity contribution >= 4 is 17.6 Å². The fraction of sp³-hybridized carbons (Fsp3) is 0.263. The van der Waals surface area contributed by atoms with Gasteiger partial charge < -0.3 is 10.1 Å². The van der Waals surface area contributed by atoms with Crippen LogP contribution >= 0.6 is 0 Å². The first kappa shape index (κ1) is 18.0. The number of esters is 1. The van der Waals surface area contributed by atoms with Gasteiger partial charge in [0, 0.05) is 5.69 Å². The van der Waals surface area contributed by atoms with Gasteiger partial charge in [-0.3, -0.25) is 4.79 Å². The van der Waals surface area contributed by atoms with Gasteiger partial charge in [-0.1, -0.05) is 6.07 Å². The molecule has 0 fully saturated rings. The van der Waals surface area contributed by atoms with E-state index in [2.05, 4.69) is 5.32 Å². The molecule has 4 nitrogen and oxygen atoms in total. The predicted molar refractivity (Wildman–Crippen MR) is 88.8 cm³/mol. The van der Waals surface area contributed by atoms with Crippen LogP contribution in [0.5, 0.6) is 0 Å². The van der Waals surface area contributed by atoms with E-state index in [9.17, 15) is 22.8 Å². The zero-order valence-electron chi connectivity index (χ0n) is 13.7. The molecule has 136 valence electrons. The first-order valence-electron chi connectivity index (χ1n) is 8.09. The summed E-state index contributed by atoms with van der Waals surface area (Å²) in [5, 5.41) is 2.64. The van der Waals surface area contributed by atoms with E-state index < -0.39 is 30.2 Å². The number of alkyl halides is 3. The summed E-state index contributed by atoms with van der Waals surface area (Å²) in [6.07, 6.45) is -1.37. The molecular formula is C19H16F3NO3. The first-order chi connectivity index (χ1) is 12.3. The van der Waals surface area contributed by atoms with Crippen molar-refractivity contribution < 1.29 is 27.5 Å². The largest absolute Gasteiger partial charge is 0.452 e. The number of halogens is 3. The minimum Gasteiger partial charge on any atom is -0.452 e. The van der Waals surface area contributed by atoms with Crippen molar-refractivity contribution in [3.63, 3.8) is 0 Å². The molecule has 0 atom stereocenters. The second kappa shape index (κ2) is 7.19. The summed E-state index contributed by atoms with van der Waals surface area (Å²) in [7, 11) is 0. The molecular weight excluding hydrogens is 347 g/mol. The molecule has 0 aromatic heterocycles. The zero-order chi connectivity index (χ0) is 18.7. The quantitative estimate of drug-likeness (QED) is 0.836. The monoisotopic (exact) mass is 363 g/mol. The molecule has 0 spiro atoms. The molecule has 7 heteroatoms. The summed E-state index contributed by atoms with van der Waals surface area (Å²) < 4.78 is 42.3. The Hall–Kier alpha value is -2.83. The fourth-order valence-electron chi connectivity index (χ4n) is 2.86. The van der Waals surface area contributed by atoms with Crippen molar-refractivity contribution in [3.05, 3.63) is 64.7 Å². The Morgan fingerprint density at radius 3 is 2.38 bits per heavy atom. The Morgan fingerprint density at radius 1 is 1.00 bits per heavy atom. The number of hydrogen-bond donors (Lipinski definition) is 1. The van der Waals surface area contributed by atoms with E-state index in [0.717, 1.165) is 43.5 Å². The number of benzene rings is 2. The maximum atomic E-state index is 12.5. The SMILES string of the molecule is O=C(COC(=O)c1ccc(C(F)(F)F)cc1)Nc1ccc2c(c1)CCC2. The van der Waals surface area contributed by atoms with Crippen molar-refractivity contribution in [1.29, 1.82) is 0 Å². The number of fused-ring (bicyclic) bond motifs is 1. The molecule has 0 heterocycles. The highest BCUT2D eigenvalue weighted by Crippen LogP contribution is 2.29. The maximum Gasteiger partial charge on any atom is 0.416 e. The standard InChI is InChI=1S/C19H16F3NO3/c20-19(21,22)15-7-4-13(5-8-15)18(25)26-11-17(24)23-16-9-6-12-2-1-3-14(12)10-16/h4-10H,1-3,11H2,(H,23,24). The number of nitrogens with one attached hydrogen (secondary N) is 1. The molecule has 0 saturated heterocycles. The molecule has 1 aliphatic carbocycles. The van der Waals surface area contributed by atoms with Crippen LogP contribution in [0.4, 0.5) is 18.9 Å². The normalized spacial score (nSPS) is 13.2. The Labute approximate surface area is 148 Å². The molecule has 1 N–H and O–H groups in total. The highest BCUT2D eigenvalue weighted by Gasteiger charge is 2.30. The Morgan fingerprint density at radius 2 is 1.69 bits per heavy atom. The van der Waals surface area contributed by atoms with Crippen molar-refractivity contribution in [1.82, 2.24) is 0 Å². The highest BCUT2D eigenvalue weighted by atomic mass is 19.4. The Bertz CT molecular complexity index is 829. The van der Waals surface area contributed by atoms with Crippen LogP contribution in [0.2, 0.25) is 0 Å². The molecule has 0 saturated carbocycles. The van der Waals surface area contributed by atoms with Gasteiger partial charge in [0.05, 0.1) is 11.1 Å². The first-order valence-corrected chi connectivity index (χ1v) is 8.09. The number of rotatable bonds is 4. The molecule has 2 aromatic rings. The molecule has 26 heavy (non-hydrogen) atoms. The van der Waals surface area contributed by atoms with E-state index in [1.54, 1.807) is 6.07 Å². The number of anilines is 1. The number of carbonyl (C=O) groups excluding carboxylic acids is 2. The molecule has 0 aliphatic heterocycles. The lowest BCUT2D eigenvalue weighted by Crippen LogP contribution is -2.21. The van der Waals surface area contributed by atoms with Crippen LogP contribution in [0.3, 0.4) is 0 Å². The summed E-state index contributed by atoms with van der Waals surface area (Å²) in [5.41, 5.74) is 2.19. The number of hydrogen-bond acceptors (Lipinski definition) is 3. The summed E-state index contributed by atoms with van der Waals surface area (Å²) in [6.45, 7) is -0.517. The molecule has 0 radical (unpaired) electrons. The van der Waals surface area contributed by atoms with E-state index in [1.165, 1.54) is 11.1 Å². The fourth-order valence-corrected chi connectivity index (χ4v) is 2.86. The predicted octanol–water partition coefficient (Wildman–Crippen LogP) is 3.99. The van der Waals surface area contributed by atoms with Crippen LogP contribution in [-0.2, 0) is 28.5 Å². The van der Waals surface area contributed by atoms with Crippen LogP contribution in [0.15, 0.2) is 42.5 Å². The number of carbonyl (C=O) groups is 2. The minimum atomic E-state index is -4.47. The van der Waals surface area contributed by atoms with E-state index in [0.29, 0.717) is 5.69 Å². The van der Waals surface area contributed by atoms with Crippen molar-refractivity contribution in [2.45, 2.75) is 25.4 Å². The smallest absolute Gasteiger partial charge is 0.416 e. The Kier molecular flexibility index (Phi) is 4.97. The van der Waals surface area contributed by atoms with Crippen LogP contribution in [0.25, 0.3) is 0 Å². The summed E-state index contributed by atoms with van der Waals surface area (Å²) in [6, 6.07) is 9.28. The van der Waals surface area contributed by atoms with Gasteiger partial charge >= 0.3 is 12.1 Å². The van der Waals surface area contributed by atoms with Crippen LogP contribution < -0.4 is 5.32 Å². The van der Waals surface area contributed by atoms with Crippen LogP contribution in [0.1, 0.15) is 33.5 Å². The number of aryl methyl sites for hydroxylation is 2. The Balaban J connectivity index is 1.53. The van der Waals surface area contributed by atoms with E-state index >= 15 is 0 Å². The number of amides is 1. The van der Waals surface area contributed by atoms with Gasteiger partial charge in [0.1, 0.15) is 0 Å². The molecule has 2 aromatic carbocycles. The third-order valence-electron chi connectivity index (χ3n) is 4.16. The van der Waals surface area contributed by atoms with Gasteiger partial charge in [0.2, 0.25) is 0 Å². The zero-order valence-corrected chi connectivity index (χ0v) is 13.7. The lowest BCUT2D eigenvalue weighted by atomic mass is 10.1. The van der Waals surface area contributed by atoms with Gasteiger partial charge in [0.25, 0.3) is 5.91 Å². The van der Waals surface area contributed by atoms with Crippen molar-refractivity contribution in [2.75, 3.05) is 11.9 Å². The van der Waals surface area contributed by atoms with Gasteiger partial charge in [-0.05, 0) is 66.8 Å². The second-order valence-electron chi connectivity index (χ2n) is 6.04. The maximum absolute atomic E-state index is 12.5. The van der Waals surface area contributed by atoms with Crippen molar-refractivity contribution in [2.24, 2.45) is 0 Å². The summed E-state index contributed by atoms with van der Waals surface area (Å²) >= 11 is 0. The molecule has 0 bridgehead atoms. The van der Waals surface area contributed by atoms with Gasteiger partial charge in [-0.2, -0.15) is 13.2 Å². The van der Waals surface area contributed by atoms with Crippen LogP contribution in [0, 0.1) is 0 Å². The number of ether oxygens (including phenoxy) is 1. The molecule has 1 aliphatic rings. The average molecular weight is 363 g/mol. The molecule has 3 rings (SSSR count). The van der Waals surface area contributed by atoms with Gasteiger partial charge in [-0.15, -0.1) is 0 Å².